The fourth-order valence-electron chi connectivity index (χ4n) is 3.53. The molecule has 0 aliphatic carbocycles. The molecule has 0 spiro atoms. The lowest BCUT2D eigenvalue weighted by Gasteiger charge is -2.41. The first-order valence-corrected chi connectivity index (χ1v) is 9.46. The number of piperazine rings is 1. The van der Waals surface area contributed by atoms with Crippen LogP contribution < -0.4 is 5.32 Å². The molecule has 0 unspecified atom stereocenters. The largest absolute Gasteiger partial charge is 0.506 e. The minimum absolute atomic E-state index is 0.273. The number of rotatable bonds is 3. The molecule has 2 aliphatic heterocycles. The van der Waals surface area contributed by atoms with Gasteiger partial charge in [-0.25, -0.2) is 0 Å². The van der Waals surface area contributed by atoms with E-state index in [1.54, 1.807) is 0 Å². The molecule has 122 valence electrons. The summed E-state index contributed by atoms with van der Waals surface area (Å²) >= 11 is 6.96. The van der Waals surface area contributed by atoms with Crippen LogP contribution in [0, 0.1) is 5.92 Å². The molecule has 1 aromatic carbocycles. The molecule has 1 atom stereocenters. The first-order chi connectivity index (χ1) is 10.7. The summed E-state index contributed by atoms with van der Waals surface area (Å²) in [6.45, 7) is 5.93. The van der Waals surface area contributed by atoms with Crippen LogP contribution in [0.25, 0.3) is 0 Å². The number of hydrogen-bond donors (Lipinski definition) is 2. The van der Waals surface area contributed by atoms with Crippen molar-refractivity contribution in [2.24, 2.45) is 5.92 Å². The summed E-state index contributed by atoms with van der Waals surface area (Å²) in [5, 5.41) is 13.4. The van der Waals surface area contributed by atoms with E-state index in [-0.39, 0.29) is 5.75 Å². The third-order valence-corrected chi connectivity index (χ3v) is 5.85. The smallest absolute Gasteiger partial charge is 0.143 e. The van der Waals surface area contributed by atoms with Crippen molar-refractivity contribution in [3.8, 4) is 5.75 Å². The Hall–Kier alpha value is -0.140. The highest BCUT2D eigenvalue weighted by molar-refractivity contribution is 9.11. The summed E-state index contributed by atoms with van der Waals surface area (Å²) in [6, 6.07) is 4.53. The molecule has 2 heterocycles. The van der Waals surface area contributed by atoms with Crippen molar-refractivity contribution in [2.45, 2.75) is 18.9 Å². The molecule has 0 bridgehead atoms. The van der Waals surface area contributed by atoms with Crippen molar-refractivity contribution in [2.75, 3.05) is 39.4 Å². The van der Waals surface area contributed by atoms with Crippen LogP contribution in [0.4, 0.5) is 0 Å². The summed E-state index contributed by atoms with van der Waals surface area (Å²) in [7, 11) is 0. The Morgan fingerprint density at radius 3 is 2.32 bits per heavy atom. The SMILES string of the molecule is Oc1c(Br)cc([C@H](C2CCOCC2)N2CCNCC2)cc1Br. The monoisotopic (exact) mass is 432 g/mol. The van der Waals surface area contributed by atoms with Crippen LogP contribution in [0.2, 0.25) is 0 Å². The molecule has 2 aliphatic rings. The van der Waals surface area contributed by atoms with Gasteiger partial charge in [0, 0.05) is 45.4 Å². The van der Waals surface area contributed by atoms with E-state index in [0.29, 0.717) is 12.0 Å². The van der Waals surface area contributed by atoms with E-state index < -0.39 is 0 Å². The lowest BCUT2D eigenvalue weighted by atomic mass is 9.85. The Morgan fingerprint density at radius 1 is 1.14 bits per heavy atom. The molecule has 0 amide bonds. The Balaban J connectivity index is 1.92. The number of nitrogens with one attached hydrogen (secondary N) is 1. The molecule has 22 heavy (non-hydrogen) atoms. The van der Waals surface area contributed by atoms with Crippen LogP contribution in [0.15, 0.2) is 21.1 Å². The molecule has 6 heteroatoms. The fraction of sp³-hybridized carbons (Fsp3) is 0.625. The quantitative estimate of drug-likeness (QED) is 0.767. The van der Waals surface area contributed by atoms with E-state index in [0.717, 1.165) is 61.2 Å². The molecule has 0 radical (unpaired) electrons. The lowest BCUT2D eigenvalue weighted by Crippen LogP contribution is -2.47. The maximum atomic E-state index is 10.00. The second kappa shape index (κ2) is 7.62. The standard InChI is InChI=1S/C16H22Br2N2O2/c17-13-9-12(10-14(18)16(13)21)15(11-1-7-22-8-2-11)20-5-3-19-4-6-20/h9-11,15,19,21H,1-8H2/t15-/m0/s1. The second-order valence-electron chi connectivity index (χ2n) is 6.01. The molecule has 3 rings (SSSR count). The van der Waals surface area contributed by atoms with E-state index in [1.807, 2.05) is 0 Å². The topological polar surface area (TPSA) is 44.7 Å². The van der Waals surface area contributed by atoms with Gasteiger partial charge >= 0.3 is 0 Å². The molecule has 2 saturated heterocycles. The van der Waals surface area contributed by atoms with Crippen molar-refractivity contribution in [3.63, 3.8) is 0 Å². The third kappa shape index (κ3) is 3.67. The average Bonchev–Trinajstić information content (AvgIpc) is 2.55. The van der Waals surface area contributed by atoms with Gasteiger partial charge in [0.1, 0.15) is 5.75 Å². The second-order valence-corrected chi connectivity index (χ2v) is 7.72. The van der Waals surface area contributed by atoms with Crippen molar-refractivity contribution in [1.82, 2.24) is 10.2 Å². The summed E-state index contributed by atoms with van der Waals surface area (Å²) in [5.74, 6) is 0.880. The van der Waals surface area contributed by atoms with E-state index in [1.165, 1.54) is 5.56 Å². The molecule has 0 saturated carbocycles. The zero-order chi connectivity index (χ0) is 15.5. The maximum absolute atomic E-state index is 10.00. The Labute approximate surface area is 148 Å². The number of phenolic OH excluding ortho intramolecular Hbond substituents is 1. The maximum Gasteiger partial charge on any atom is 0.143 e. The van der Waals surface area contributed by atoms with Gasteiger partial charge in [0.25, 0.3) is 0 Å². The van der Waals surface area contributed by atoms with Gasteiger partial charge in [-0.1, -0.05) is 0 Å². The third-order valence-electron chi connectivity index (χ3n) is 4.64. The molecular formula is C16H22Br2N2O2. The van der Waals surface area contributed by atoms with Gasteiger partial charge in [-0.15, -0.1) is 0 Å². The van der Waals surface area contributed by atoms with E-state index >= 15 is 0 Å². The van der Waals surface area contributed by atoms with Crippen molar-refractivity contribution >= 4 is 31.9 Å². The Kier molecular flexibility index (Phi) is 5.79. The van der Waals surface area contributed by atoms with Gasteiger partial charge in [-0.05, 0) is 68.3 Å². The normalized spacial score (nSPS) is 22.6. The van der Waals surface area contributed by atoms with E-state index in [2.05, 4.69) is 54.2 Å². The zero-order valence-corrected chi connectivity index (χ0v) is 15.7. The summed E-state index contributed by atoms with van der Waals surface area (Å²) in [5.41, 5.74) is 1.27. The van der Waals surface area contributed by atoms with Gasteiger partial charge in [0.15, 0.2) is 0 Å². The van der Waals surface area contributed by atoms with Gasteiger partial charge in [0.2, 0.25) is 0 Å². The molecule has 4 nitrogen and oxygen atoms in total. The predicted molar refractivity (Wildman–Crippen MR) is 94.2 cm³/mol. The van der Waals surface area contributed by atoms with E-state index in [9.17, 15) is 5.11 Å². The summed E-state index contributed by atoms with van der Waals surface area (Å²) in [6.07, 6.45) is 2.20. The number of aromatic hydroxyl groups is 1. The van der Waals surface area contributed by atoms with Crippen LogP contribution >= 0.6 is 31.9 Å². The zero-order valence-electron chi connectivity index (χ0n) is 12.5. The van der Waals surface area contributed by atoms with Crippen LogP contribution in [0.1, 0.15) is 24.4 Å². The fourth-order valence-corrected chi connectivity index (χ4v) is 4.75. The number of benzene rings is 1. The number of ether oxygens (including phenoxy) is 1. The van der Waals surface area contributed by atoms with Gasteiger partial charge in [-0.2, -0.15) is 0 Å². The first kappa shape index (κ1) is 16.7. The van der Waals surface area contributed by atoms with Crippen LogP contribution in [0.5, 0.6) is 5.75 Å². The number of hydrogen-bond acceptors (Lipinski definition) is 4. The highest BCUT2D eigenvalue weighted by atomic mass is 79.9. The molecular weight excluding hydrogens is 412 g/mol. The Bertz CT molecular complexity index is 474. The Morgan fingerprint density at radius 2 is 1.73 bits per heavy atom. The van der Waals surface area contributed by atoms with E-state index in [4.69, 9.17) is 4.74 Å². The van der Waals surface area contributed by atoms with Crippen molar-refractivity contribution in [1.29, 1.82) is 0 Å². The van der Waals surface area contributed by atoms with Crippen LogP contribution in [-0.2, 0) is 4.74 Å². The molecule has 2 fully saturated rings. The molecule has 2 N–H and O–H groups in total. The predicted octanol–water partition coefficient (Wildman–Crippen LogP) is 3.29. The lowest BCUT2D eigenvalue weighted by molar-refractivity contribution is 0.0212. The molecule has 1 aromatic rings. The minimum Gasteiger partial charge on any atom is -0.506 e. The number of phenols is 1. The van der Waals surface area contributed by atoms with Crippen molar-refractivity contribution in [3.05, 3.63) is 26.6 Å². The highest BCUT2D eigenvalue weighted by Crippen LogP contribution is 2.41. The van der Waals surface area contributed by atoms with Gasteiger partial charge in [0.05, 0.1) is 8.95 Å². The summed E-state index contributed by atoms with van der Waals surface area (Å²) in [4.78, 5) is 2.58. The number of nitrogens with zero attached hydrogens (tertiary/aromatic N) is 1. The molecule has 0 aromatic heterocycles. The van der Waals surface area contributed by atoms with Gasteiger partial charge in [-0.3, -0.25) is 4.90 Å². The van der Waals surface area contributed by atoms with Crippen LogP contribution in [0.3, 0.4) is 0 Å². The minimum atomic E-state index is 0.273. The highest BCUT2D eigenvalue weighted by Gasteiger charge is 2.31. The van der Waals surface area contributed by atoms with Gasteiger partial charge < -0.3 is 15.2 Å². The average molecular weight is 434 g/mol. The van der Waals surface area contributed by atoms with Crippen LogP contribution in [-0.4, -0.2) is 49.4 Å². The first-order valence-electron chi connectivity index (χ1n) is 7.87. The summed E-state index contributed by atoms with van der Waals surface area (Å²) < 4.78 is 7.06. The number of halogens is 2. The van der Waals surface area contributed by atoms with Crippen molar-refractivity contribution < 1.29 is 9.84 Å².